The number of carbonyl (C=O) groups excluding carboxylic acids is 9. The van der Waals surface area contributed by atoms with E-state index in [-0.39, 0.29) is 49.5 Å². The third-order valence-electron chi connectivity index (χ3n) is 10.6. The summed E-state index contributed by atoms with van der Waals surface area (Å²) in [5, 5.41) is 36.4. The van der Waals surface area contributed by atoms with Gasteiger partial charge in [-0.15, -0.1) is 0 Å². The molecular weight excluding hydrogens is 945 g/mol. The number of phenolic OH excluding ortho intramolecular Hbond substituents is 1. The van der Waals surface area contributed by atoms with Gasteiger partial charge >= 0.3 is 5.97 Å². The molecule has 22 nitrogen and oxygen atoms in total. The molecule has 0 unspecified atom stereocenters. The zero-order chi connectivity index (χ0) is 50.5. The number of hydrogen-bond donors (Lipinski definition) is 13. The molecule has 8 atom stereocenters. The third kappa shape index (κ3) is 18.2. The lowest BCUT2D eigenvalue weighted by molar-refractivity contribution is -0.143. The van der Waals surface area contributed by atoms with E-state index >= 15 is 0 Å². The van der Waals surface area contributed by atoms with Crippen LogP contribution in [-0.2, 0) is 60.8 Å². The summed E-state index contributed by atoms with van der Waals surface area (Å²) in [4.78, 5) is 131. The number of nitrogens with two attached hydrogens (primary N) is 2. The number of benzene rings is 2. The van der Waals surface area contributed by atoms with Gasteiger partial charge in [0.05, 0.1) is 19.0 Å². The summed E-state index contributed by atoms with van der Waals surface area (Å²) in [6.45, 7) is 0.788. The molecule has 372 valence electrons. The van der Waals surface area contributed by atoms with Crippen molar-refractivity contribution in [3.8, 4) is 5.75 Å². The van der Waals surface area contributed by atoms with Crippen molar-refractivity contribution >= 4 is 96.2 Å². The molecule has 0 aromatic heterocycles. The Balaban J connectivity index is 1.67. The van der Waals surface area contributed by atoms with Crippen molar-refractivity contribution in [2.24, 2.45) is 11.5 Å². The lowest BCUT2D eigenvalue weighted by atomic mass is 10.0. The number of nitrogens with one attached hydrogen (secondary N) is 7. The fourth-order valence-corrected chi connectivity index (χ4v) is 7.84. The van der Waals surface area contributed by atoms with Crippen molar-refractivity contribution in [3.05, 3.63) is 65.7 Å². The predicted octanol–water partition coefficient (Wildman–Crippen LogP) is -2.89. The molecule has 2 aromatic rings. The average Bonchev–Trinajstić information content (AvgIpc) is 3.80. The normalized spacial score (nSPS) is 16.2. The second-order valence-corrected chi connectivity index (χ2v) is 17.5. The smallest absolute Gasteiger partial charge is 0.326 e. The lowest BCUT2D eigenvalue weighted by Gasteiger charge is -2.30. The van der Waals surface area contributed by atoms with Crippen molar-refractivity contribution in [1.82, 2.24) is 42.1 Å². The minimum absolute atomic E-state index is 0.0541. The Morgan fingerprint density at radius 3 is 1.90 bits per heavy atom. The quantitative estimate of drug-likeness (QED) is 0.0400. The maximum atomic E-state index is 14.2. The first-order valence-electron chi connectivity index (χ1n) is 21.5. The van der Waals surface area contributed by atoms with E-state index in [0.29, 0.717) is 17.7 Å². The number of carbonyl (C=O) groups is 10. The summed E-state index contributed by atoms with van der Waals surface area (Å²) in [6, 6.07) is 4.97. The van der Waals surface area contributed by atoms with E-state index in [4.69, 9.17) is 11.5 Å². The molecule has 68 heavy (non-hydrogen) atoms. The topological polar surface area (TPSA) is 351 Å². The second kappa shape index (κ2) is 28.3. The zero-order valence-corrected chi connectivity index (χ0v) is 40.1. The number of amides is 9. The van der Waals surface area contributed by atoms with E-state index in [2.05, 4.69) is 62.5 Å². The minimum Gasteiger partial charge on any atom is -0.508 e. The van der Waals surface area contributed by atoms with Crippen LogP contribution >= 0.6 is 37.0 Å². The highest BCUT2D eigenvalue weighted by Crippen LogP contribution is 2.21. The Labute approximate surface area is 408 Å². The predicted molar refractivity (Wildman–Crippen MR) is 257 cm³/mol. The Morgan fingerprint density at radius 2 is 1.29 bits per heavy atom. The van der Waals surface area contributed by atoms with E-state index in [9.17, 15) is 58.2 Å². The van der Waals surface area contributed by atoms with Gasteiger partial charge < -0.3 is 63.8 Å². The van der Waals surface area contributed by atoms with Gasteiger partial charge in [0.2, 0.25) is 53.2 Å². The highest BCUT2D eigenvalue weighted by molar-refractivity contribution is 7.98. The first-order valence-corrected chi connectivity index (χ1v) is 24.1. The van der Waals surface area contributed by atoms with Crippen molar-refractivity contribution in [3.63, 3.8) is 0 Å². The summed E-state index contributed by atoms with van der Waals surface area (Å²) < 4.78 is 0. The molecular formula is C43H60N10O12S3. The lowest BCUT2D eigenvalue weighted by Crippen LogP contribution is -2.59. The van der Waals surface area contributed by atoms with Crippen LogP contribution in [0.3, 0.4) is 0 Å². The van der Waals surface area contributed by atoms with Gasteiger partial charge in [0.25, 0.3) is 0 Å². The van der Waals surface area contributed by atoms with Crippen molar-refractivity contribution in [2.75, 3.05) is 36.6 Å². The third-order valence-corrected chi connectivity index (χ3v) is 11.9. The van der Waals surface area contributed by atoms with Gasteiger partial charge in [-0.3, -0.25) is 43.2 Å². The van der Waals surface area contributed by atoms with Crippen molar-refractivity contribution in [1.29, 1.82) is 0 Å². The molecule has 2 aromatic carbocycles. The molecule has 0 spiro atoms. The molecule has 3 rings (SSSR count). The molecule has 1 fully saturated rings. The summed E-state index contributed by atoms with van der Waals surface area (Å²) >= 11 is 9.71. The van der Waals surface area contributed by atoms with Crippen LogP contribution in [0.15, 0.2) is 54.6 Å². The highest BCUT2D eigenvalue weighted by atomic mass is 32.2. The number of primary amides is 1. The average molecular weight is 1010 g/mol. The molecule has 25 heteroatoms. The second-order valence-electron chi connectivity index (χ2n) is 15.8. The number of aromatic hydroxyl groups is 1. The van der Waals surface area contributed by atoms with Crippen LogP contribution < -0.4 is 48.7 Å². The van der Waals surface area contributed by atoms with Crippen LogP contribution in [0.5, 0.6) is 5.75 Å². The number of likely N-dealkylation sites (tertiary alicyclic amines) is 1. The van der Waals surface area contributed by atoms with Gasteiger partial charge in [-0.2, -0.15) is 37.0 Å². The van der Waals surface area contributed by atoms with Crippen molar-refractivity contribution in [2.45, 2.75) is 93.8 Å². The summed E-state index contributed by atoms with van der Waals surface area (Å²) in [7, 11) is 0. The fraction of sp³-hybridized carbons (Fsp3) is 0.488. The van der Waals surface area contributed by atoms with Crippen LogP contribution in [0.1, 0.15) is 43.7 Å². The first kappa shape index (κ1) is 56.3. The number of phenols is 1. The molecule has 1 aliphatic heterocycles. The number of carboxylic acids is 1. The Bertz CT molecular complexity index is 2110. The summed E-state index contributed by atoms with van der Waals surface area (Å²) in [6.07, 6.45) is 2.02. The summed E-state index contributed by atoms with van der Waals surface area (Å²) in [5.74, 6) is -8.63. The van der Waals surface area contributed by atoms with E-state index in [0.717, 1.165) is 5.56 Å². The molecule has 1 heterocycles. The Kier molecular flexibility index (Phi) is 23.4. The first-order chi connectivity index (χ1) is 32.3. The number of hydrogen-bond acceptors (Lipinski definition) is 15. The fourth-order valence-electron chi connectivity index (χ4n) is 6.86. The molecule has 0 saturated carbocycles. The monoisotopic (exact) mass is 1000 g/mol. The van der Waals surface area contributed by atoms with Gasteiger partial charge in [-0.1, -0.05) is 42.5 Å². The number of carboxylic acid groups (broad SMARTS) is 1. The molecule has 9 amide bonds. The van der Waals surface area contributed by atoms with Crippen LogP contribution in [0.4, 0.5) is 0 Å². The largest absolute Gasteiger partial charge is 0.508 e. The van der Waals surface area contributed by atoms with Crippen LogP contribution in [-0.4, -0.2) is 159 Å². The van der Waals surface area contributed by atoms with Crippen LogP contribution in [0.2, 0.25) is 0 Å². The zero-order valence-electron chi connectivity index (χ0n) is 37.5. The standard InChI is InChI=1S/C43H60N10O12S3/c1-23(47-39(60)32(22-67)52-38(59)28(14-16-68-2)49-37(58)27(44)17-24-7-4-3-5-8-24)36(57)50-29(18-25-10-12-26(54)13-11-25)42(63)53-15-6-9-33(53)41(62)46-20-35(56)48-31(21-66)40(61)51-30(43(64)65)19-34(45)55/h3-5,7-8,10-13,23,27-33,54,66-67H,6,9,14-22,44H2,1-2H3,(H2,45,55)(H,46,62)(H,47,60)(H,48,56)(H,49,58)(H,50,57)(H,51,61)(H,52,59)(H,64,65)/t23-,27-,28-,29-,30-,31-,32-,33-/m0/s1. The number of thiol groups is 2. The van der Waals surface area contributed by atoms with Crippen LogP contribution in [0, 0.1) is 0 Å². The van der Waals surface area contributed by atoms with Gasteiger partial charge in [0, 0.05) is 24.5 Å². The molecule has 1 aliphatic rings. The van der Waals surface area contributed by atoms with E-state index in [1.54, 1.807) is 0 Å². The summed E-state index contributed by atoms with van der Waals surface area (Å²) in [5.41, 5.74) is 12.6. The van der Waals surface area contributed by atoms with Crippen molar-refractivity contribution < 1.29 is 58.2 Å². The molecule has 0 bridgehead atoms. The van der Waals surface area contributed by atoms with Gasteiger partial charge in [-0.05, 0) is 67.9 Å². The van der Waals surface area contributed by atoms with Gasteiger partial charge in [0.1, 0.15) is 48.0 Å². The number of nitrogens with zero attached hydrogens (tertiary/aromatic N) is 1. The minimum atomic E-state index is -1.66. The van der Waals surface area contributed by atoms with E-state index in [1.807, 2.05) is 36.6 Å². The highest BCUT2D eigenvalue weighted by Gasteiger charge is 2.39. The maximum absolute atomic E-state index is 14.2. The molecule has 0 radical (unpaired) electrons. The molecule has 0 aliphatic carbocycles. The number of thioether (sulfide) groups is 1. The van der Waals surface area contributed by atoms with E-state index in [1.165, 1.54) is 47.9 Å². The molecule has 1 saturated heterocycles. The van der Waals surface area contributed by atoms with Crippen LogP contribution in [0.25, 0.3) is 0 Å². The SMILES string of the molecule is CSCC[C@H](NC(=O)[C@@H](N)Cc1ccccc1)C(=O)N[C@@H](CS)C(=O)N[C@@H](C)C(=O)N[C@@H](Cc1ccc(O)cc1)C(=O)N1CCC[C@H]1C(=O)NCC(=O)N[C@@H](CS)C(=O)N[C@@H](CC(N)=O)C(=O)O. The number of rotatable bonds is 27. The van der Waals surface area contributed by atoms with Gasteiger partial charge in [-0.25, -0.2) is 4.79 Å². The molecule has 13 N–H and O–H groups in total. The van der Waals surface area contributed by atoms with E-state index < -0.39 is 120 Å². The van der Waals surface area contributed by atoms with Gasteiger partial charge in [0.15, 0.2) is 0 Å². The Hall–Kier alpha value is -6.05. The maximum Gasteiger partial charge on any atom is 0.326 e. The number of aliphatic carboxylic acids is 1. The Morgan fingerprint density at radius 1 is 0.735 bits per heavy atom.